The predicted molar refractivity (Wildman–Crippen MR) is 75.9 cm³/mol. The fraction of sp³-hybridized carbons (Fsp3) is 0.125. The van der Waals surface area contributed by atoms with Crippen molar-refractivity contribution in [2.24, 2.45) is 0 Å². The summed E-state index contributed by atoms with van der Waals surface area (Å²) >= 11 is 6.35. The van der Waals surface area contributed by atoms with Gasteiger partial charge >= 0.3 is 0 Å². The SMILES string of the molecule is Clc1cccc2c1C1Cc3ccccc3C=C1N2. The third kappa shape index (κ3) is 1.34. The molecule has 0 saturated carbocycles. The van der Waals surface area contributed by atoms with Crippen LogP contribution in [0.3, 0.4) is 0 Å². The molecule has 1 heterocycles. The van der Waals surface area contributed by atoms with Gasteiger partial charge in [0.2, 0.25) is 0 Å². The number of rotatable bonds is 0. The van der Waals surface area contributed by atoms with Crippen LogP contribution in [0.2, 0.25) is 5.02 Å². The number of fused-ring (bicyclic) bond motifs is 4. The Morgan fingerprint density at radius 1 is 1.06 bits per heavy atom. The lowest BCUT2D eigenvalue weighted by Gasteiger charge is -2.20. The van der Waals surface area contributed by atoms with Gasteiger partial charge in [0.15, 0.2) is 0 Å². The van der Waals surface area contributed by atoms with Crippen LogP contribution in [0.15, 0.2) is 48.2 Å². The molecule has 0 radical (unpaired) electrons. The number of anilines is 1. The van der Waals surface area contributed by atoms with Gasteiger partial charge in [0, 0.05) is 27.9 Å². The van der Waals surface area contributed by atoms with E-state index in [4.69, 9.17) is 11.6 Å². The Kier molecular flexibility index (Phi) is 2.06. The minimum Gasteiger partial charge on any atom is -0.358 e. The third-order valence-corrected chi connectivity index (χ3v) is 4.18. The summed E-state index contributed by atoms with van der Waals surface area (Å²) in [7, 11) is 0. The number of allylic oxidation sites excluding steroid dienone is 1. The number of halogens is 1. The van der Waals surface area contributed by atoms with Crippen molar-refractivity contribution in [3.8, 4) is 0 Å². The van der Waals surface area contributed by atoms with Crippen molar-refractivity contribution in [1.82, 2.24) is 0 Å². The van der Waals surface area contributed by atoms with Crippen LogP contribution in [0.5, 0.6) is 0 Å². The van der Waals surface area contributed by atoms with Gasteiger partial charge in [-0.2, -0.15) is 0 Å². The zero-order valence-electron chi connectivity index (χ0n) is 9.78. The summed E-state index contributed by atoms with van der Waals surface area (Å²) in [5.41, 5.74) is 6.41. The Morgan fingerprint density at radius 3 is 2.89 bits per heavy atom. The molecule has 2 aromatic rings. The number of benzene rings is 2. The van der Waals surface area contributed by atoms with Crippen molar-refractivity contribution >= 4 is 23.4 Å². The second-order valence-corrected chi connectivity index (χ2v) is 5.29. The molecule has 4 rings (SSSR count). The van der Waals surface area contributed by atoms with Crippen molar-refractivity contribution in [2.45, 2.75) is 12.3 Å². The van der Waals surface area contributed by atoms with Gasteiger partial charge in [-0.1, -0.05) is 41.9 Å². The van der Waals surface area contributed by atoms with Crippen LogP contribution in [0, 0.1) is 0 Å². The molecule has 1 unspecified atom stereocenters. The molecule has 18 heavy (non-hydrogen) atoms. The molecule has 2 heteroatoms. The largest absolute Gasteiger partial charge is 0.358 e. The first-order valence-electron chi connectivity index (χ1n) is 6.18. The second kappa shape index (κ2) is 3.63. The highest BCUT2D eigenvalue weighted by Gasteiger charge is 2.32. The Labute approximate surface area is 111 Å². The third-order valence-electron chi connectivity index (χ3n) is 3.85. The highest BCUT2D eigenvalue weighted by atomic mass is 35.5. The molecule has 1 aliphatic carbocycles. The van der Waals surface area contributed by atoms with E-state index in [9.17, 15) is 0 Å². The van der Waals surface area contributed by atoms with Crippen molar-refractivity contribution in [1.29, 1.82) is 0 Å². The first kappa shape index (κ1) is 10.2. The highest BCUT2D eigenvalue weighted by Crippen LogP contribution is 2.47. The molecule has 2 aliphatic rings. The van der Waals surface area contributed by atoms with Crippen molar-refractivity contribution in [3.05, 3.63) is 69.9 Å². The Morgan fingerprint density at radius 2 is 1.94 bits per heavy atom. The van der Waals surface area contributed by atoms with E-state index < -0.39 is 0 Å². The number of nitrogens with one attached hydrogen (secondary N) is 1. The standard InChI is InChI=1S/C16H12ClN/c17-13-6-3-7-14-16(13)12-8-10-4-1-2-5-11(10)9-15(12)18-14/h1-7,9,12,18H,8H2. The van der Waals surface area contributed by atoms with Crippen LogP contribution in [0.4, 0.5) is 5.69 Å². The van der Waals surface area contributed by atoms with E-state index in [-0.39, 0.29) is 0 Å². The first-order chi connectivity index (χ1) is 8.83. The molecule has 0 bridgehead atoms. The summed E-state index contributed by atoms with van der Waals surface area (Å²) in [4.78, 5) is 0. The van der Waals surface area contributed by atoms with Crippen LogP contribution in [-0.2, 0) is 6.42 Å². The Balaban J connectivity index is 1.90. The van der Waals surface area contributed by atoms with Crippen LogP contribution in [-0.4, -0.2) is 0 Å². The smallest absolute Gasteiger partial charge is 0.0465 e. The van der Waals surface area contributed by atoms with Crippen molar-refractivity contribution < 1.29 is 0 Å². The molecule has 0 spiro atoms. The fourth-order valence-corrected chi connectivity index (χ4v) is 3.30. The maximum Gasteiger partial charge on any atom is 0.0465 e. The van der Waals surface area contributed by atoms with Crippen LogP contribution >= 0.6 is 11.6 Å². The van der Waals surface area contributed by atoms with Crippen molar-refractivity contribution in [2.75, 3.05) is 5.32 Å². The van der Waals surface area contributed by atoms with Gasteiger partial charge in [-0.15, -0.1) is 0 Å². The number of hydrogen-bond acceptors (Lipinski definition) is 1. The monoisotopic (exact) mass is 253 g/mol. The maximum absolute atomic E-state index is 6.35. The van der Waals surface area contributed by atoms with Gasteiger partial charge in [0.1, 0.15) is 0 Å². The summed E-state index contributed by atoms with van der Waals surface area (Å²) in [6.45, 7) is 0. The van der Waals surface area contributed by atoms with E-state index >= 15 is 0 Å². The fourth-order valence-electron chi connectivity index (χ4n) is 3.00. The Bertz CT molecular complexity index is 673. The average molecular weight is 254 g/mol. The van der Waals surface area contributed by atoms with E-state index in [0.717, 1.165) is 17.1 Å². The van der Waals surface area contributed by atoms with Gasteiger partial charge in [-0.3, -0.25) is 0 Å². The molecular weight excluding hydrogens is 242 g/mol. The van der Waals surface area contributed by atoms with E-state index in [2.05, 4.69) is 41.7 Å². The molecule has 1 nitrogen and oxygen atoms in total. The van der Waals surface area contributed by atoms with E-state index in [1.807, 2.05) is 12.1 Å². The van der Waals surface area contributed by atoms with Gasteiger partial charge < -0.3 is 5.32 Å². The highest BCUT2D eigenvalue weighted by molar-refractivity contribution is 6.32. The van der Waals surface area contributed by atoms with E-state index in [1.165, 1.54) is 22.4 Å². The van der Waals surface area contributed by atoms with Gasteiger partial charge in [0.05, 0.1) is 0 Å². The maximum atomic E-state index is 6.35. The van der Waals surface area contributed by atoms with Gasteiger partial charge in [0.25, 0.3) is 0 Å². The van der Waals surface area contributed by atoms with Crippen LogP contribution < -0.4 is 5.32 Å². The molecule has 2 aromatic carbocycles. The molecule has 1 atom stereocenters. The molecule has 1 N–H and O–H groups in total. The summed E-state index contributed by atoms with van der Waals surface area (Å²) in [5.74, 6) is 0.392. The van der Waals surface area contributed by atoms with E-state index in [1.54, 1.807) is 0 Å². The van der Waals surface area contributed by atoms with Gasteiger partial charge in [-0.25, -0.2) is 0 Å². The Hall–Kier alpha value is -1.73. The summed E-state index contributed by atoms with van der Waals surface area (Å²) in [5, 5.41) is 4.36. The molecule has 0 aromatic heterocycles. The summed E-state index contributed by atoms with van der Waals surface area (Å²) in [6, 6.07) is 14.6. The zero-order chi connectivity index (χ0) is 12.1. The van der Waals surface area contributed by atoms with Crippen LogP contribution in [0.1, 0.15) is 22.6 Å². The van der Waals surface area contributed by atoms with Crippen LogP contribution in [0.25, 0.3) is 6.08 Å². The second-order valence-electron chi connectivity index (χ2n) is 4.88. The molecule has 0 amide bonds. The summed E-state index contributed by atoms with van der Waals surface area (Å²) in [6.07, 6.45) is 3.28. The predicted octanol–water partition coefficient (Wildman–Crippen LogP) is 4.45. The quantitative estimate of drug-likeness (QED) is 0.732. The molecule has 88 valence electrons. The minimum absolute atomic E-state index is 0.392. The van der Waals surface area contributed by atoms with E-state index in [0.29, 0.717) is 5.92 Å². The lowest BCUT2D eigenvalue weighted by molar-refractivity contribution is 0.812. The van der Waals surface area contributed by atoms with Gasteiger partial charge in [-0.05, 0) is 35.8 Å². The molecule has 0 saturated heterocycles. The normalized spacial score (nSPS) is 19.4. The lowest BCUT2D eigenvalue weighted by Crippen LogP contribution is -2.09. The minimum atomic E-state index is 0.392. The average Bonchev–Trinajstić information content (AvgIpc) is 2.74. The molecular formula is C16H12ClN. The number of hydrogen-bond donors (Lipinski definition) is 1. The molecule has 0 fully saturated rings. The van der Waals surface area contributed by atoms with Crippen molar-refractivity contribution in [3.63, 3.8) is 0 Å². The topological polar surface area (TPSA) is 12.0 Å². The zero-order valence-corrected chi connectivity index (χ0v) is 10.5. The molecule has 1 aliphatic heterocycles. The first-order valence-corrected chi connectivity index (χ1v) is 6.55. The lowest BCUT2D eigenvalue weighted by atomic mass is 9.85. The summed E-state index contributed by atoms with van der Waals surface area (Å²) < 4.78 is 0.